The van der Waals surface area contributed by atoms with Gasteiger partial charge < -0.3 is 14.5 Å². The Kier molecular flexibility index (Phi) is 6.01. The molecule has 0 aliphatic carbocycles. The average Bonchev–Trinajstić information content (AvgIpc) is 3.33. The van der Waals surface area contributed by atoms with Gasteiger partial charge in [0.25, 0.3) is 11.5 Å². The maximum atomic E-state index is 13.2. The number of carbonyl (C=O) groups excluding carboxylic acids is 1. The summed E-state index contributed by atoms with van der Waals surface area (Å²) in [5.41, 5.74) is -0.546. The van der Waals surface area contributed by atoms with Crippen LogP contribution in [0.4, 0.5) is 0 Å². The fourth-order valence-electron chi connectivity index (χ4n) is 2.88. The predicted octanol–water partition coefficient (Wildman–Crippen LogP) is 3.96. The zero-order valence-electron chi connectivity index (χ0n) is 16.5. The molecule has 0 aliphatic rings. The number of para-hydroxylation sites is 1. The number of fused-ring (bicyclic) bond motifs is 1. The van der Waals surface area contributed by atoms with E-state index in [0.29, 0.717) is 16.4 Å². The van der Waals surface area contributed by atoms with Crippen LogP contribution >= 0.6 is 11.6 Å². The molecule has 32 heavy (non-hydrogen) atoms. The second-order valence-corrected chi connectivity index (χ2v) is 6.94. The summed E-state index contributed by atoms with van der Waals surface area (Å²) >= 11 is 6.18. The number of carbonyl (C=O) groups is 1. The third-order valence-corrected chi connectivity index (χ3v) is 4.75. The normalized spacial score (nSPS) is 11.2. The van der Waals surface area contributed by atoms with Crippen molar-refractivity contribution in [2.75, 3.05) is 0 Å². The molecule has 0 fully saturated rings. The Balaban J connectivity index is 1.77. The third-order valence-electron chi connectivity index (χ3n) is 4.43. The van der Waals surface area contributed by atoms with Gasteiger partial charge in [-0.15, -0.1) is 0 Å². The van der Waals surface area contributed by atoms with E-state index >= 15 is 0 Å². The lowest BCUT2D eigenvalue weighted by Gasteiger charge is -2.11. The Hall–Kier alpha value is -4.35. The van der Waals surface area contributed by atoms with Crippen molar-refractivity contribution in [3.05, 3.63) is 99.3 Å². The summed E-state index contributed by atoms with van der Waals surface area (Å²) in [6, 6.07) is 16.9. The number of ether oxygens (including phenoxy) is 1. The van der Waals surface area contributed by atoms with E-state index in [1.54, 1.807) is 54.6 Å². The highest BCUT2D eigenvalue weighted by atomic mass is 35.5. The van der Waals surface area contributed by atoms with Gasteiger partial charge in [-0.1, -0.05) is 29.8 Å². The van der Waals surface area contributed by atoms with Crippen LogP contribution < -0.4 is 15.6 Å². The van der Waals surface area contributed by atoms with E-state index in [-0.39, 0.29) is 29.3 Å². The van der Waals surface area contributed by atoms with Crippen molar-refractivity contribution in [3.63, 3.8) is 0 Å². The van der Waals surface area contributed by atoms with Gasteiger partial charge in [0.15, 0.2) is 0 Å². The van der Waals surface area contributed by atoms with Crippen LogP contribution in [0.15, 0.2) is 81.8 Å². The number of hydrogen-bond donors (Lipinski definition) is 1. The fraction of sp³-hybridized carbons (Fsp3) is 0.0435. The minimum atomic E-state index is -0.676. The molecule has 0 spiro atoms. The molecule has 0 atom stereocenters. The average molecular weight is 447 g/mol. The first-order valence-electron chi connectivity index (χ1n) is 9.43. The number of pyridine rings is 1. The molecule has 9 heteroatoms. The molecule has 0 saturated carbocycles. The minimum absolute atomic E-state index is 0.0710. The molecule has 1 aromatic carbocycles. The van der Waals surface area contributed by atoms with Crippen molar-refractivity contribution in [1.29, 1.82) is 5.26 Å². The predicted molar refractivity (Wildman–Crippen MR) is 117 cm³/mol. The van der Waals surface area contributed by atoms with Crippen molar-refractivity contribution in [3.8, 4) is 17.7 Å². The number of nitrogens with zero attached hydrogens (tertiary/aromatic N) is 3. The molecular weight excluding hydrogens is 432 g/mol. The molecule has 3 aromatic heterocycles. The van der Waals surface area contributed by atoms with Crippen LogP contribution in [0, 0.1) is 11.3 Å². The zero-order chi connectivity index (χ0) is 22.5. The molecule has 0 bridgehead atoms. The Labute approximate surface area is 187 Å². The first kappa shape index (κ1) is 20.9. The summed E-state index contributed by atoms with van der Waals surface area (Å²) in [5, 5.41) is 12.4. The number of hydrogen-bond acceptors (Lipinski definition) is 6. The van der Waals surface area contributed by atoms with Gasteiger partial charge in [-0.05, 0) is 42.5 Å². The van der Waals surface area contributed by atoms with E-state index in [1.165, 1.54) is 16.9 Å². The van der Waals surface area contributed by atoms with Crippen molar-refractivity contribution in [2.24, 2.45) is 0 Å². The lowest BCUT2D eigenvalue weighted by atomic mass is 10.1. The lowest BCUT2D eigenvalue weighted by Crippen LogP contribution is -2.24. The minimum Gasteiger partial charge on any atom is -0.467 e. The molecule has 4 aromatic rings. The number of amides is 1. The van der Waals surface area contributed by atoms with Crippen molar-refractivity contribution in [1.82, 2.24) is 14.7 Å². The van der Waals surface area contributed by atoms with Crippen LogP contribution in [0.5, 0.6) is 11.6 Å². The second-order valence-electron chi connectivity index (χ2n) is 6.53. The van der Waals surface area contributed by atoms with Gasteiger partial charge in [0, 0.05) is 6.20 Å². The number of nitriles is 1. The Morgan fingerprint density at radius 3 is 2.78 bits per heavy atom. The Bertz CT molecular complexity index is 1420. The Morgan fingerprint density at radius 1 is 1.22 bits per heavy atom. The van der Waals surface area contributed by atoms with Crippen LogP contribution in [-0.4, -0.2) is 15.3 Å². The van der Waals surface area contributed by atoms with E-state index in [1.807, 2.05) is 6.07 Å². The summed E-state index contributed by atoms with van der Waals surface area (Å²) in [4.78, 5) is 30.1. The number of rotatable bonds is 6. The monoisotopic (exact) mass is 446 g/mol. The van der Waals surface area contributed by atoms with Crippen LogP contribution in [0.25, 0.3) is 11.7 Å². The summed E-state index contributed by atoms with van der Waals surface area (Å²) < 4.78 is 12.3. The fourth-order valence-corrected chi connectivity index (χ4v) is 3.06. The SMILES string of the molecule is N#C/C(=C\c1c(Oc2ccccc2Cl)nc2ccccn2c1=O)C(=O)NCc1ccco1. The largest absolute Gasteiger partial charge is 0.467 e. The van der Waals surface area contributed by atoms with Gasteiger partial charge in [-0.3, -0.25) is 14.0 Å². The molecular formula is C23H15ClN4O4. The smallest absolute Gasteiger partial charge is 0.269 e. The quantitative estimate of drug-likeness (QED) is 0.354. The molecule has 1 N–H and O–H groups in total. The lowest BCUT2D eigenvalue weighted by molar-refractivity contribution is -0.117. The second kappa shape index (κ2) is 9.20. The maximum absolute atomic E-state index is 13.2. The van der Waals surface area contributed by atoms with Gasteiger partial charge in [0.1, 0.15) is 34.4 Å². The molecule has 4 rings (SSSR count). The Morgan fingerprint density at radius 2 is 2.03 bits per heavy atom. The molecule has 0 unspecified atom stereocenters. The van der Waals surface area contributed by atoms with Gasteiger partial charge >= 0.3 is 0 Å². The molecule has 158 valence electrons. The van der Waals surface area contributed by atoms with Crippen molar-refractivity contribution < 1.29 is 13.9 Å². The van der Waals surface area contributed by atoms with Crippen molar-refractivity contribution in [2.45, 2.75) is 6.54 Å². The van der Waals surface area contributed by atoms with E-state index in [0.717, 1.165) is 6.08 Å². The highest BCUT2D eigenvalue weighted by Gasteiger charge is 2.18. The van der Waals surface area contributed by atoms with E-state index in [4.69, 9.17) is 20.8 Å². The molecule has 8 nitrogen and oxygen atoms in total. The first-order chi connectivity index (χ1) is 15.6. The van der Waals surface area contributed by atoms with Gasteiger partial charge in [-0.2, -0.15) is 10.2 Å². The molecule has 1 amide bonds. The van der Waals surface area contributed by atoms with Gasteiger partial charge in [0.05, 0.1) is 17.8 Å². The standard InChI is InChI=1S/C23H15ClN4O4/c24-18-7-1-2-8-19(18)32-22-17(23(30)28-10-4-3-9-20(28)27-22)12-15(13-25)21(29)26-14-16-6-5-11-31-16/h1-12H,14H2,(H,26,29)/b15-12+. The zero-order valence-corrected chi connectivity index (χ0v) is 17.2. The van der Waals surface area contributed by atoms with Crippen LogP contribution in [0.3, 0.4) is 0 Å². The molecule has 3 heterocycles. The third kappa shape index (κ3) is 4.38. The summed E-state index contributed by atoms with van der Waals surface area (Å²) in [6.07, 6.45) is 4.16. The number of halogens is 1. The van der Waals surface area contributed by atoms with Crippen LogP contribution in [0.1, 0.15) is 11.3 Å². The molecule has 0 aliphatic heterocycles. The highest BCUT2D eigenvalue weighted by molar-refractivity contribution is 6.32. The van der Waals surface area contributed by atoms with Crippen molar-refractivity contribution >= 4 is 29.2 Å². The topological polar surface area (TPSA) is 110 Å². The maximum Gasteiger partial charge on any atom is 0.269 e. The van der Waals surface area contributed by atoms with Gasteiger partial charge in [0.2, 0.25) is 5.88 Å². The summed E-state index contributed by atoms with van der Waals surface area (Å²) in [7, 11) is 0. The summed E-state index contributed by atoms with van der Waals surface area (Å²) in [5.74, 6) is 0.0358. The van der Waals surface area contributed by atoms with Crippen LogP contribution in [-0.2, 0) is 11.3 Å². The van der Waals surface area contributed by atoms with E-state index < -0.39 is 11.5 Å². The number of furan rings is 1. The molecule has 0 radical (unpaired) electrons. The molecule has 0 saturated heterocycles. The number of aromatic nitrogens is 2. The first-order valence-corrected chi connectivity index (χ1v) is 9.81. The number of nitrogens with one attached hydrogen (secondary N) is 1. The highest BCUT2D eigenvalue weighted by Crippen LogP contribution is 2.29. The number of benzene rings is 1. The van der Waals surface area contributed by atoms with E-state index in [2.05, 4.69) is 10.3 Å². The van der Waals surface area contributed by atoms with Gasteiger partial charge in [-0.25, -0.2) is 0 Å². The van der Waals surface area contributed by atoms with Crippen LogP contribution in [0.2, 0.25) is 5.02 Å². The van der Waals surface area contributed by atoms with E-state index in [9.17, 15) is 14.9 Å². The summed E-state index contributed by atoms with van der Waals surface area (Å²) in [6.45, 7) is 0.0861.